The normalized spacial score (nSPS) is 11.4. The number of rotatable bonds is 9. The molecule has 0 radical (unpaired) electrons. The summed E-state index contributed by atoms with van der Waals surface area (Å²) < 4.78 is 2.04. The SMILES string of the molecule is CCCc1nc(/C=C/c2ccc3ccccc3c2)c(C=O)n1Cc1ccc(-c2ccccc2-c2nn[nH]n2)cc1. The molecule has 2 aromatic heterocycles. The smallest absolute Gasteiger partial charge is 0.205 e. The first-order valence-electron chi connectivity index (χ1n) is 13.4. The lowest BCUT2D eigenvalue weighted by molar-refractivity contribution is 0.111. The highest BCUT2D eigenvalue weighted by Gasteiger charge is 2.16. The van der Waals surface area contributed by atoms with Gasteiger partial charge in [0.25, 0.3) is 0 Å². The maximum atomic E-state index is 12.3. The average molecular weight is 525 g/mol. The Bertz CT molecular complexity index is 1800. The summed E-state index contributed by atoms with van der Waals surface area (Å²) in [4.78, 5) is 17.2. The quantitative estimate of drug-likeness (QED) is 0.209. The standard InChI is InChI=1S/C33H28N6O/c1-2-7-32-34-30(19-15-23-12-16-25-8-3-4-9-27(25)20-23)31(22-40)39(32)21-24-13-17-26(18-14-24)28-10-5-6-11-29(28)33-35-37-38-36-33/h3-6,8-20,22H,2,7,21H2,1H3,(H,35,36,37,38)/b19-15+. The molecule has 0 atom stereocenters. The van der Waals surface area contributed by atoms with Crippen molar-refractivity contribution in [2.24, 2.45) is 0 Å². The number of imidazole rings is 1. The molecule has 196 valence electrons. The maximum absolute atomic E-state index is 12.3. The minimum Gasteiger partial charge on any atom is -0.321 e. The van der Waals surface area contributed by atoms with Crippen molar-refractivity contribution in [3.63, 3.8) is 0 Å². The van der Waals surface area contributed by atoms with Crippen molar-refractivity contribution in [3.8, 4) is 22.5 Å². The minimum absolute atomic E-state index is 0.558. The second kappa shape index (κ2) is 11.3. The Morgan fingerprint density at radius 1 is 0.850 bits per heavy atom. The minimum atomic E-state index is 0.558. The molecule has 0 saturated heterocycles. The highest BCUT2D eigenvalue weighted by Crippen LogP contribution is 2.30. The van der Waals surface area contributed by atoms with E-state index in [1.165, 1.54) is 10.8 Å². The zero-order valence-electron chi connectivity index (χ0n) is 22.2. The number of H-pyrrole nitrogens is 1. The molecule has 1 N–H and O–H groups in total. The predicted octanol–water partition coefficient (Wildman–Crippen LogP) is 6.87. The summed E-state index contributed by atoms with van der Waals surface area (Å²) in [6, 6.07) is 31.0. The first kappa shape index (κ1) is 25.1. The lowest BCUT2D eigenvalue weighted by Gasteiger charge is -2.11. The molecule has 4 aromatic carbocycles. The summed E-state index contributed by atoms with van der Waals surface area (Å²) in [6.45, 7) is 2.69. The summed E-state index contributed by atoms with van der Waals surface area (Å²) in [7, 11) is 0. The highest BCUT2D eigenvalue weighted by molar-refractivity contribution is 5.87. The van der Waals surface area contributed by atoms with Crippen molar-refractivity contribution in [1.29, 1.82) is 0 Å². The van der Waals surface area contributed by atoms with Crippen molar-refractivity contribution in [1.82, 2.24) is 30.2 Å². The summed E-state index contributed by atoms with van der Waals surface area (Å²) in [5.74, 6) is 1.47. The average Bonchev–Trinajstić information content (AvgIpc) is 3.65. The predicted molar refractivity (Wildman–Crippen MR) is 159 cm³/mol. The third-order valence-electron chi connectivity index (χ3n) is 7.03. The fourth-order valence-electron chi connectivity index (χ4n) is 5.04. The summed E-state index contributed by atoms with van der Waals surface area (Å²) in [5, 5.41) is 16.9. The van der Waals surface area contributed by atoms with Crippen LogP contribution in [0.15, 0.2) is 91.0 Å². The van der Waals surface area contributed by atoms with Crippen LogP contribution >= 0.6 is 0 Å². The fraction of sp³-hybridized carbons (Fsp3) is 0.121. The molecule has 0 fully saturated rings. The molecule has 7 nitrogen and oxygen atoms in total. The van der Waals surface area contributed by atoms with Gasteiger partial charge in [-0.3, -0.25) is 4.79 Å². The maximum Gasteiger partial charge on any atom is 0.205 e. The molecule has 7 heteroatoms. The van der Waals surface area contributed by atoms with Gasteiger partial charge in [0.05, 0.1) is 5.69 Å². The van der Waals surface area contributed by atoms with Crippen LogP contribution in [0.25, 0.3) is 45.4 Å². The van der Waals surface area contributed by atoms with E-state index in [9.17, 15) is 4.79 Å². The van der Waals surface area contributed by atoms with E-state index in [0.29, 0.717) is 23.8 Å². The van der Waals surface area contributed by atoms with Crippen molar-refractivity contribution >= 4 is 29.2 Å². The Balaban J connectivity index is 1.29. The summed E-state index contributed by atoms with van der Waals surface area (Å²) in [6.07, 6.45) is 6.62. The molecule has 0 unspecified atom stereocenters. The topological polar surface area (TPSA) is 89.4 Å². The van der Waals surface area contributed by atoms with E-state index in [0.717, 1.165) is 52.8 Å². The Labute approximate surface area is 232 Å². The van der Waals surface area contributed by atoms with Gasteiger partial charge < -0.3 is 4.57 Å². The monoisotopic (exact) mass is 524 g/mol. The molecule has 0 aliphatic heterocycles. The number of fused-ring (bicyclic) bond motifs is 1. The van der Waals surface area contributed by atoms with Crippen LogP contribution in [-0.4, -0.2) is 36.5 Å². The van der Waals surface area contributed by atoms with E-state index in [2.05, 4.69) is 88.2 Å². The fourth-order valence-corrected chi connectivity index (χ4v) is 5.04. The van der Waals surface area contributed by atoms with Gasteiger partial charge in [0.15, 0.2) is 6.29 Å². The molecule has 0 aliphatic rings. The van der Waals surface area contributed by atoms with Crippen LogP contribution in [-0.2, 0) is 13.0 Å². The number of carbonyl (C=O) groups is 1. The molecule has 0 aliphatic carbocycles. The second-order valence-corrected chi connectivity index (χ2v) is 9.67. The number of tetrazole rings is 1. The van der Waals surface area contributed by atoms with Crippen LogP contribution in [0.4, 0.5) is 0 Å². The number of hydrogen-bond donors (Lipinski definition) is 1. The number of aryl methyl sites for hydroxylation is 1. The van der Waals surface area contributed by atoms with Gasteiger partial charge >= 0.3 is 0 Å². The molecule has 0 bridgehead atoms. The highest BCUT2D eigenvalue weighted by atomic mass is 16.1. The first-order chi connectivity index (χ1) is 19.7. The van der Waals surface area contributed by atoms with Gasteiger partial charge in [0.2, 0.25) is 5.82 Å². The van der Waals surface area contributed by atoms with Gasteiger partial charge in [-0.25, -0.2) is 4.98 Å². The van der Waals surface area contributed by atoms with Gasteiger partial charge in [-0.2, -0.15) is 5.21 Å². The van der Waals surface area contributed by atoms with Crippen LogP contribution in [0.3, 0.4) is 0 Å². The third-order valence-corrected chi connectivity index (χ3v) is 7.03. The van der Waals surface area contributed by atoms with Crippen molar-refractivity contribution in [2.45, 2.75) is 26.3 Å². The van der Waals surface area contributed by atoms with Crippen molar-refractivity contribution in [3.05, 3.63) is 119 Å². The van der Waals surface area contributed by atoms with Crippen molar-refractivity contribution in [2.75, 3.05) is 0 Å². The van der Waals surface area contributed by atoms with Crippen LogP contribution < -0.4 is 0 Å². The van der Waals surface area contributed by atoms with E-state index in [-0.39, 0.29) is 0 Å². The molecule has 2 heterocycles. The van der Waals surface area contributed by atoms with Crippen LogP contribution in [0.1, 0.15) is 46.5 Å². The number of carbonyl (C=O) groups excluding carboxylic acids is 1. The Hall–Kier alpha value is -5.17. The molecular weight excluding hydrogens is 496 g/mol. The molecule has 0 amide bonds. The Kier molecular flexibility index (Phi) is 7.09. The van der Waals surface area contributed by atoms with Crippen LogP contribution in [0.2, 0.25) is 0 Å². The van der Waals surface area contributed by atoms with E-state index < -0.39 is 0 Å². The van der Waals surface area contributed by atoms with E-state index in [4.69, 9.17) is 4.98 Å². The first-order valence-corrected chi connectivity index (χ1v) is 13.4. The van der Waals surface area contributed by atoms with E-state index >= 15 is 0 Å². The van der Waals surface area contributed by atoms with Gasteiger partial charge in [0, 0.05) is 18.5 Å². The number of aromatic amines is 1. The number of nitrogens with one attached hydrogen (secondary N) is 1. The summed E-state index contributed by atoms with van der Waals surface area (Å²) in [5.41, 5.74) is 6.43. The number of aromatic nitrogens is 6. The van der Waals surface area contributed by atoms with Gasteiger partial charge in [-0.1, -0.05) is 97.9 Å². The van der Waals surface area contributed by atoms with Gasteiger partial charge in [0.1, 0.15) is 11.5 Å². The Morgan fingerprint density at radius 3 is 2.38 bits per heavy atom. The molecule has 6 aromatic rings. The Morgan fingerprint density at radius 2 is 1.62 bits per heavy atom. The largest absolute Gasteiger partial charge is 0.321 e. The van der Waals surface area contributed by atoms with Crippen LogP contribution in [0, 0.1) is 0 Å². The number of nitrogens with zero attached hydrogens (tertiary/aromatic N) is 5. The lowest BCUT2D eigenvalue weighted by atomic mass is 9.98. The lowest BCUT2D eigenvalue weighted by Crippen LogP contribution is -2.08. The van der Waals surface area contributed by atoms with Crippen LogP contribution in [0.5, 0.6) is 0 Å². The second-order valence-electron chi connectivity index (χ2n) is 9.67. The zero-order chi connectivity index (χ0) is 27.3. The third kappa shape index (κ3) is 5.09. The number of aldehydes is 1. The summed E-state index contributed by atoms with van der Waals surface area (Å²) >= 11 is 0. The van der Waals surface area contributed by atoms with E-state index in [1.54, 1.807) is 0 Å². The van der Waals surface area contributed by atoms with Gasteiger partial charge in [-0.05, 0) is 56.8 Å². The number of hydrogen-bond acceptors (Lipinski definition) is 5. The number of benzene rings is 4. The van der Waals surface area contributed by atoms with Gasteiger partial charge in [-0.15, -0.1) is 10.2 Å². The van der Waals surface area contributed by atoms with Crippen molar-refractivity contribution < 1.29 is 4.79 Å². The molecule has 6 rings (SSSR count). The molecule has 0 saturated carbocycles. The zero-order valence-corrected chi connectivity index (χ0v) is 22.2. The molecular formula is C33H28N6O. The molecule has 0 spiro atoms. The van der Waals surface area contributed by atoms with E-state index in [1.807, 2.05) is 47.1 Å². The molecule has 40 heavy (non-hydrogen) atoms.